The molecule has 6 nitrogen and oxygen atoms in total. The molecule has 1 fully saturated rings. The maximum absolute atomic E-state index is 11.3. The van der Waals surface area contributed by atoms with Crippen LogP contribution in [0.1, 0.15) is 18.2 Å². The summed E-state index contributed by atoms with van der Waals surface area (Å²) in [6.45, 7) is 0. The van der Waals surface area contributed by atoms with E-state index in [1.54, 1.807) is 0 Å². The zero-order valence-electron chi connectivity index (χ0n) is 7.80. The van der Waals surface area contributed by atoms with E-state index in [4.69, 9.17) is 18.0 Å². The van der Waals surface area contributed by atoms with Crippen LogP contribution in [-0.4, -0.2) is 34.9 Å². The van der Waals surface area contributed by atoms with E-state index in [-0.39, 0.29) is 28.1 Å². The van der Waals surface area contributed by atoms with Gasteiger partial charge in [0.2, 0.25) is 10.7 Å². The molecule has 2 rings (SSSR count). The Morgan fingerprint density at radius 1 is 1.47 bits per heavy atom. The second-order valence-electron chi connectivity index (χ2n) is 3.50. The number of hydrogen-bond donors (Lipinski definition) is 2. The fraction of sp³-hybridized carbons (Fsp3) is 0.571. The first-order valence-corrected chi connectivity index (χ1v) is 6.63. The van der Waals surface area contributed by atoms with Gasteiger partial charge in [-0.3, -0.25) is 0 Å². The number of sulfone groups is 1. The van der Waals surface area contributed by atoms with E-state index in [1.165, 1.54) is 0 Å². The number of hydrogen-bond acceptors (Lipinski definition) is 6. The Bertz CT molecular complexity index is 536. The van der Waals surface area contributed by atoms with Crippen LogP contribution in [0.5, 0.6) is 0 Å². The standard InChI is InChI=1S/C7H10N4O2S2/c8-6-9-5(10-7(14)11-6)4-1-2-15(12,13)3-4/h4H,1-3H2,(H3,8,9,10,11,14). The Balaban J connectivity index is 2.36. The molecule has 2 heterocycles. The highest BCUT2D eigenvalue weighted by atomic mass is 32.2. The minimum absolute atomic E-state index is 0.106. The molecule has 1 unspecified atom stereocenters. The van der Waals surface area contributed by atoms with Crippen molar-refractivity contribution in [3.05, 3.63) is 10.6 Å². The van der Waals surface area contributed by atoms with Crippen LogP contribution in [0, 0.1) is 4.77 Å². The van der Waals surface area contributed by atoms with Gasteiger partial charge in [0.25, 0.3) is 0 Å². The third-order valence-electron chi connectivity index (χ3n) is 2.31. The van der Waals surface area contributed by atoms with E-state index < -0.39 is 9.84 Å². The van der Waals surface area contributed by atoms with Crippen LogP contribution in [0.4, 0.5) is 5.95 Å². The molecule has 1 aliphatic heterocycles. The maximum atomic E-state index is 11.3. The fourth-order valence-corrected chi connectivity index (χ4v) is 3.57. The van der Waals surface area contributed by atoms with E-state index >= 15 is 0 Å². The summed E-state index contributed by atoms with van der Waals surface area (Å²) < 4.78 is 22.7. The van der Waals surface area contributed by atoms with Crippen molar-refractivity contribution in [3.63, 3.8) is 0 Å². The number of aromatic nitrogens is 3. The van der Waals surface area contributed by atoms with E-state index in [0.717, 1.165) is 0 Å². The van der Waals surface area contributed by atoms with Crippen LogP contribution in [0.15, 0.2) is 0 Å². The predicted octanol–water partition coefficient (Wildman–Crippen LogP) is 0.0185. The summed E-state index contributed by atoms with van der Waals surface area (Å²) in [7, 11) is -2.92. The highest BCUT2D eigenvalue weighted by Crippen LogP contribution is 2.26. The fourth-order valence-electron chi connectivity index (χ4n) is 1.62. The smallest absolute Gasteiger partial charge is 0.224 e. The molecule has 0 aromatic carbocycles. The molecule has 0 saturated carbocycles. The average molecular weight is 246 g/mol. The number of rotatable bonds is 1. The molecule has 1 atom stereocenters. The average Bonchev–Trinajstić information content (AvgIpc) is 2.44. The van der Waals surface area contributed by atoms with Gasteiger partial charge in [-0.1, -0.05) is 0 Å². The van der Waals surface area contributed by atoms with E-state index in [1.807, 2.05) is 0 Å². The Morgan fingerprint density at radius 3 is 2.73 bits per heavy atom. The summed E-state index contributed by atoms with van der Waals surface area (Å²) in [5.74, 6) is 0.863. The number of nitrogens with one attached hydrogen (secondary N) is 1. The first-order chi connectivity index (χ1) is 6.96. The second kappa shape index (κ2) is 3.53. The van der Waals surface area contributed by atoms with Crippen LogP contribution in [-0.2, 0) is 9.84 Å². The zero-order chi connectivity index (χ0) is 11.1. The lowest BCUT2D eigenvalue weighted by Crippen LogP contribution is -2.10. The number of anilines is 1. The number of aromatic amines is 1. The van der Waals surface area contributed by atoms with Crippen molar-refractivity contribution in [2.45, 2.75) is 12.3 Å². The molecular weight excluding hydrogens is 236 g/mol. The molecule has 0 radical (unpaired) electrons. The number of nitrogens with zero attached hydrogens (tertiary/aromatic N) is 2. The highest BCUT2D eigenvalue weighted by Gasteiger charge is 2.30. The minimum atomic E-state index is -2.92. The molecule has 1 saturated heterocycles. The van der Waals surface area contributed by atoms with Crippen molar-refractivity contribution in [2.24, 2.45) is 0 Å². The largest absolute Gasteiger partial charge is 0.369 e. The van der Waals surface area contributed by atoms with Crippen molar-refractivity contribution in [2.75, 3.05) is 17.2 Å². The lowest BCUT2D eigenvalue weighted by Gasteiger charge is -2.06. The Kier molecular flexibility index (Phi) is 2.47. The van der Waals surface area contributed by atoms with Crippen LogP contribution in [0.2, 0.25) is 0 Å². The van der Waals surface area contributed by atoms with E-state index in [0.29, 0.717) is 12.2 Å². The summed E-state index contributed by atoms with van der Waals surface area (Å²) in [5, 5.41) is 0. The highest BCUT2D eigenvalue weighted by molar-refractivity contribution is 7.91. The zero-order valence-corrected chi connectivity index (χ0v) is 9.44. The van der Waals surface area contributed by atoms with Gasteiger partial charge < -0.3 is 10.7 Å². The number of H-pyrrole nitrogens is 1. The first-order valence-electron chi connectivity index (χ1n) is 4.40. The quantitative estimate of drug-likeness (QED) is 0.677. The Morgan fingerprint density at radius 2 is 2.20 bits per heavy atom. The SMILES string of the molecule is Nc1nc(=S)nc(C2CCS(=O)(=O)C2)[nH]1. The predicted molar refractivity (Wildman–Crippen MR) is 57.6 cm³/mol. The van der Waals surface area contributed by atoms with Gasteiger partial charge in [0, 0.05) is 5.92 Å². The molecule has 0 bridgehead atoms. The summed E-state index contributed by atoms with van der Waals surface area (Å²) in [6, 6.07) is 0. The molecule has 1 aromatic heterocycles. The topological polar surface area (TPSA) is 102 Å². The second-order valence-corrected chi connectivity index (χ2v) is 6.10. The van der Waals surface area contributed by atoms with E-state index in [2.05, 4.69) is 15.0 Å². The van der Waals surface area contributed by atoms with Crippen LogP contribution in [0.3, 0.4) is 0 Å². The summed E-state index contributed by atoms with van der Waals surface area (Å²) in [4.78, 5) is 10.5. The normalized spacial score (nSPS) is 24.1. The molecule has 0 aliphatic carbocycles. The molecule has 3 N–H and O–H groups in total. The van der Waals surface area contributed by atoms with Crippen LogP contribution < -0.4 is 5.73 Å². The Hall–Kier alpha value is -1.02. The van der Waals surface area contributed by atoms with Crippen LogP contribution >= 0.6 is 12.2 Å². The maximum Gasteiger partial charge on any atom is 0.224 e. The lowest BCUT2D eigenvalue weighted by atomic mass is 10.1. The Labute approximate surface area is 91.9 Å². The molecular formula is C7H10N4O2S2. The van der Waals surface area contributed by atoms with Gasteiger partial charge in [0.15, 0.2) is 9.84 Å². The number of nitrogen functional groups attached to an aromatic ring is 1. The van der Waals surface area contributed by atoms with E-state index in [9.17, 15) is 8.42 Å². The third-order valence-corrected chi connectivity index (χ3v) is 4.26. The molecule has 1 aliphatic rings. The third kappa shape index (κ3) is 2.32. The summed E-state index contributed by atoms with van der Waals surface area (Å²) in [5.41, 5.74) is 5.47. The van der Waals surface area contributed by atoms with Crippen molar-refractivity contribution < 1.29 is 8.42 Å². The molecule has 0 spiro atoms. The summed E-state index contributed by atoms with van der Waals surface area (Å²) >= 11 is 4.81. The molecule has 1 aromatic rings. The monoisotopic (exact) mass is 246 g/mol. The van der Waals surface area contributed by atoms with Crippen molar-refractivity contribution in [1.82, 2.24) is 15.0 Å². The molecule has 82 valence electrons. The van der Waals surface area contributed by atoms with Crippen molar-refractivity contribution in [1.29, 1.82) is 0 Å². The van der Waals surface area contributed by atoms with Gasteiger partial charge in [0.05, 0.1) is 11.5 Å². The number of nitrogens with two attached hydrogens (primary N) is 1. The van der Waals surface area contributed by atoms with Crippen molar-refractivity contribution >= 4 is 28.0 Å². The first kappa shape index (κ1) is 10.5. The molecule has 8 heteroatoms. The lowest BCUT2D eigenvalue weighted by molar-refractivity contribution is 0.601. The molecule has 0 amide bonds. The van der Waals surface area contributed by atoms with Gasteiger partial charge in [-0.25, -0.2) is 13.4 Å². The van der Waals surface area contributed by atoms with Gasteiger partial charge in [-0.15, -0.1) is 0 Å². The molecule has 15 heavy (non-hydrogen) atoms. The van der Waals surface area contributed by atoms with Crippen molar-refractivity contribution in [3.8, 4) is 0 Å². The van der Waals surface area contributed by atoms with Gasteiger partial charge in [-0.2, -0.15) is 4.98 Å². The van der Waals surface area contributed by atoms with Gasteiger partial charge >= 0.3 is 0 Å². The van der Waals surface area contributed by atoms with Gasteiger partial charge in [-0.05, 0) is 18.6 Å². The van der Waals surface area contributed by atoms with Gasteiger partial charge in [0.1, 0.15) is 5.82 Å². The van der Waals surface area contributed by atoms with Crippen LogP contribution in [0.25, 0.3) is 0 Å². The summed E-state index contributed by atoms with van der Waals surface area (Å²) in [6.07, 6.45) is 0.560. The minimum Gasteiger partial charge on any atom is -0.369 e.